The third-order valence-corrected chi connectivity index (χ3v) is 1.51. The van der Waals surface area contributed by atoms with Gasteiger partial charge in [0.05, 0.1) is 0 Å². The van der Waals surface area contributed by atoms with E-state index in [0.29, 0.717) is 15.9 Å². The van der Waals surface area contributed by atoms with Crippen molar-refractivity contribution in [3.05, 3.63) is 16.4 Å². The van der Waals surface area contributed by atoms with Crippen molar-refractivity contribution in [3.8, 4) is 0 Å². The van der Waals surface area contributed by atoms with Crippen LogP contribution in [0.4, 0.5) is 0 Å². The standard InChI is InChI=1S/C4H6N2OS/c1-3-2-5-6-4(3)8-7/h2,5-6H,1H3. The Bertz CT molecular complexity index is 255. The zero-order valence-electron chi connectivity index (χ0n) is 4.39. The highest BCUT2D eigenvalue weighted by Gasteiger charge is 1.84. The minimum atomic E-state index is 0.465. The van der Waals surface area contributed by atoms with E-state index in [9.17, 15) is 4.21 Å². The Morgan fingerprint density at radius 1 is 1.75 bits per heavy atom. The van der Waals surface area contributed by atoms with E-state index in [0.717, 1.165) is 5.56 Å². The minimum Gasteiger partial charge on any atom is -0.307 e. The van der Waals surface area contributed by atoms with Crippen molar-refractivity contribution in [2.24, 2.45) is 0 Å². The van der Waals surface area contributed by atoms with Gasteiger partial charge >= 0.3 is 0 Å². The van der Waals surface area contributed by atoms with Gasteiger partial charge in [-0.15, -0.1) is 0 Å². The lowest BCUT2D eigenvalue weighted by Gasteiger charge is -1.67. The van der Waals surface area contributed by atoms with Crippen LogP contribution < -0.4 is 0 Å². The van der Waals surface area contributed by atoms with E-state index in [1.807, 2.05) is 6.92 Å². The largest absolute Gasteiger partial charge is 0.307 e. The molecule has 2 N–H and O–H groups in total. The van der Waals surface area contributed by atoms with E-state index in [1.54, 1.807) is 6.20 Å². The van der Waals surface area contributed by atoms with Gasteiger partial charge in [-0.25, -0.2) is 4.21 Å². The van der Waals surface area contributed by atoms with Gasteiger partial charge in [0.25, 0.3) is 0 Å². The molecule has 3 nitrogen and oxygen atoms in total. The van der Waals surface area contributed by atoms with Crippen LogP contribution in [0, 0.1) is 11.6 Å². The molecule has 0 fully saturated rings. The molecule has 4 heteroatoms. The predicted molar refractivity (Wildman–Crippen MR) is 31.3 cm³/mol. The van der Waals surface area contributed by atoms with Crippen LogP contribution in [0.5, 0.6) is 0 Å². The molecule has 0 amide bonds. The summed E-state index contributed by atoms with van der Waals surface area (Å²) in [6.07, 6.45) is 1.75. The van der Waals surface area contributed by atoms with E-state index in [4.69, 9.17) is 0 Å². The first-order valence-electron chi connectivity index (χ1n) is 2.20. The fraction of sp³-hybridized carbons (Fsp3) is 0.250. The summed E-state index contributed by atoms with van der Waals surface area (Å²) in [5.74, 6) is 0. The first-order chi connectivity index (χ1) is 3.84. The van der Waals surface area contributed by atoms with Crippen molar-refractivity contribution in [3.63, 3.8) is 0 Å². The quantitative estimate of drug-likeness (QED) is 0.490. The van der Waals surface area contributed by atoms with Crippen molar-refractivity contribution < 1.29 is 4.21 Å². The molecule has 0 radical (unpaired) electrons. The van der Waals surface area contributed by atoms with Crippen LogP contribution in [0.25, 0.3) is 0 Å². The highest BCUT2D eigenvalue weighted by molar-refractivity contribution is 7.56. The molecular formula is C4H6N2OS. The van der Waals surface area contributed by atoms with Gasteiger partial charge in [0.15, 0.2) is 4.64 Å². The van der Waals surface area contributed by atoms with Crippen molar-refractivity contribution in [1.29, 1.82) is 0 Å². The lowest BCUT2D eigenvalue weighted by atomic mass is 10.4. The molecule has 0 aliphatic carbocycles. The van der Waals surface area contributed by atoms with Crippen LogP contribution in [-0.2, 0) is 11.3 Å². The zero-order valence-corrected chi connectivity index (χ0v) is 5.21. The predicted octanol–water partition coefficient (Wildman–Crippen LogP) is 0.396. The number of nitrogens with one attached hydrogen (secondary N) is 2. The Hall–Kier alpha value is -0.770. The molecule has 1 aromatic rings. The molecule has 0 aromatic carbocycles. The van der Waals surface area contributed by atoms with E-state index in [2.05, 4.69) is 10.2 Å². The van der Waals surface area contributed by atoms with Crippen molar-refractivity contribution in [2.75, 3.05) is 0 Å². The highest BCUT2D eigenvalue weighted by atomic mass is 32.1. The topological polar surface area (TPSA) is 48.6 Å². The Labute approximate surface area is 49.8 Å². The molecule has 0 saturated heterocycles. The summed E-state index contributed by atoms with van der Waals surface area (Å²) in [4.78, 5) is 0. The monoisotopic (exact) mass is 130 g/mol. The molecule has 0 atom stereocenters. The third-order valence-electron chi connectivity index (χ3n) is 0.916. The lowest BCUT2D eigenvalue weighted by molar-refractivity contribution is 0.699. The number of aromatic nitrogens is 2. The Morgan fingerprint density at radius 2 is 2.50 bits per heavy atom. The number of hydrogen-bond acceptors (Lipinski definition) is 1. The summed E-state index contributed by atoms with van der Waals surface area (Å²) in [6.45, 7) is 1.87. The van der Waals surface area contributed by atoms with Gasteiger partial charge in [-0.2, -0.15) is 0 Å². The second-order valence-electron chi connectivity index (χ2n) is 1.51. The van der Waals surface area contributed by atoms with Crippen LogP contribution in [0.2, 0.25) is 0 Å². The van der Waals surface area contributed by atoms with Crippen molar-refractivity contribution in [1.82, 2.24) is 10.2 Å². The fourth-order valence-electron chi connectivity index (χ4n) is 0.461. The maximum Gasteiger partial charge on any atom is 0.152 e. The normalized spacial score (nSPS) is 9.12. The Morgan fingerprint density at radius 3 is 2.75 bits per heavy atom. The van der Waals surface area contributed by atoms with Crippen molar-refractivity contribution in [2.45, 2.75) is 6.92 Å². The van der Waals surface area contributed by atoms with Crippen LogP contribution in [0.1, 0.15) is 5.56 Å². The third kappa shape index (κ3) is 0.742. The van der Waals surface area contributed by atoms with Gasteiger partial charge < -0.3 is 5.10 Å². The first kappa shape index (κ1) is 5.37. The van der Waals surface area contributed by atoms with Gasteiger partial charge in [-0.1, -0.05) is 0 Å². The molecule has 1 aromatic heterocycles. The summed E-state index contributed by atoms with van der Waals surface area (Å²) < 4.78 is 10.7. The number of rotatable bonds is 0. The average Bonchev–Trinajstić information content (AvgIpc) is 2.14. The Balaban J connectivity index is 3.54. The molecule has 8 heavy (non-hydrogen) atoms. The molecule has 1 heterocycles. The fourth-order valence-corrected chi connectivity index (χ4v) is 0.752. The minimum absolute atomic E-state index is 0.465. The zero-order chi connectivity index (χ0) is 5.98. The number of hydrogen-bond donors (Lipinski definition) is 2. The number of aryl methyl sites for hydroxylation is 1. The van der Waals surface area contributed by atoms with E-state index in [1.165, 1.54) is 0 Å². The van der Waals surface area contributed by atoms with Gasteiger partial charge in [0.1, 0.15) is 11.3 Å². The lowest BCUT2D eigenvalue weighted by Crippen LogP contribution is -1.66. The van der Waals surface area contributed by atoms with E-state index in [-0.39, 0.29) is 0 Å². The van der Waals surface area contributed by atoms with E-state index < -0.39 is 0 Å². The van der Waals surface area contributed by atoms with E-state index >= 15 is 0 Å². The average molecular weight is 130 g/mol. The van der Waals surface area contributed by atoms with Crippen molar-refractivity contribution >= 4 is 11.3 Å². The van der Waals surface area contributed by atoms with Gasteiger partial charge in [0, 0.05) is 11.8 Å². The molecule has 0 saturated carbocycles. The van der Waals surface area contributed by atoms with Gasteiger partial charge in [-0.3, -0.25) is 5.10 Å². The molecule has 1 rings (SSSR count). The Kier molecular flexibility index (Phi) is 1.34. The van der Waals surface area contributed by atoms with Gasteiger partial charge in [-0.05, 0) is 6.92 Å². The number of aromatic amines is 2. The highest BCUT2D eigenvalue weighted by Crippen LogP contribution is 1.88. The molecule has 44 valence electrons. The van der Waals surface area contributed by atoms with Crippen LogP contribution in [0.15, 0.2) is 6.20 Å². The SMILES string of the molecule is Cc1c[nH][nH]c1=S=O. The molecule has 0 aliphatic heterocycles. The van der Waals surface area contributed by atoms with Crippen LogP contribution in [0.3, 0.4) is 0 Å². The first-order valence-corrected chi connectivity index (χ1v) is 2.94. The second-order valence-corrected chi connectivity index (χ2v) is 2.08. The van der Waals surface area contributed by atoms with Crippen LogP contribution >= 0.6 is 0 Å². The molecule has 0 unspecified atom stereocenters. The second kappa shape index (κ2) is 2.00. The summed E-state index contributed by atoms with van der Waals surface area (Å²) in [5, 5.41) is 5.38. The summed E-state index contributed by atoms with van der Waals surface area (Å²) in [6, 6.07) is 0. The number of H-pyrrole nitrogens is 2. The van der Waals surface area contributed by atoms with Crippen LogP contribution in [-0.4, -0.2) is 14.4 Å². The summed E-state index contributed by atoms with van der Waals surface area (Å²) in [7, 11) is 0. The smallest absolute Gasteiger partial charge is 0.152 e. The molecule has 0 aliphatic rings. The molecule has 0 bridgehead atoms. The molecule has 0 spiro atoms. The maximum atomic E-state index is 10.1. The van der Waals surface area contributed by atoms with Gasteiger partial charge in [0.2, 0.25) is 0 Å². The summed E-state index contributed by atoms with van der Waals surface area (Å²) >= 11 is 0.465. The molecular weight excluding hydrogens is 124 g/mol. The maximum absolute atomic E-state index is 10.1. The summed E-state index contributed by atoms with van der Waals surface area (Å²) in [5.41, 5.74) is 0.963.